The van der Waals surface area contributed by atoms with Gasteiger partial charge in [-0.25, -0.2) is 0 Å². The number of nitriles is 1. The molecule has 2 fully saturated rings. The highest BCUT2D eigenvalue weighted by Crippen LogP contribution is 2.40. The Hall–Kier alpha value is -3.30. The Bertz CT molecular complexity index is 1230. The van der Waals surface area contributed by atoms with Crippen molar-refractivity contribution in [1.82, 2.24) is 20.5 Å². The summed E-state index contributed by atoms with van der Waals surface area (Å²) in [4.78, 5) is 9.59. The molecule has 0 bridgehead atoms. The number of aromatic nitrogens is 1. The third kappa shape index (κ3) is 3.57. The molecule has 1 aromatic carbocycles. The van der Waals surface area contributed by atoms with Crippen molar-refractivity contribution in [2.24, 2.45) is 0 Å². The van der Waals surface area contributed by atoms with Crippen LogP contribution in [0.1, 0.15) is 31.7 Å². The smallest absolute Gasteiger partial charge is 0.101 e. The van der Waals surface area contributed by atoms with E-state index in [9.17, 15) is 5.26 Å². The van der Waals surface area contributed by atoms with Crippen LogP contribution in [0.5, 0.6) is 0 Å². The normalized spacial score (nSPS) is 24.7. The summed E-state index contributed by atoms with van der Waals surface area (Å²) in [6.45, 7) is 7.40. The fourth-order valence-electron chi connectivity index (χ4n) is 5.86. The van der Waals surface area contributed by atoms with Gasteiger partial charge in [0.25, 0.3) is 0 Å². The van der Waals surface area contributed by atoms with E-state index in [0.717, 1.165) is 50.0 Å². The minimum absolute atomic E-state index is 0.425. The predicted molar refractivity (Wildman–Crippen MR) is 132 cm³/mol. The van der Waals surface area contributed by atoms with Crippen molar-refractivity contribution in [3.8, 4) is 6.07 Å². The molecule has 2 N–H and O–H groups in total. The van der Waals surface area contributed by atoms with Gasteiger partial charge in [-0.3, -0.25) is 4.98 Å². The van der Waals surface area contributed by atoms with Gasteiger partial charge in [-0.05, 0) is 74.2 Å². The first-order valence-corrected chi connectivity index (χ1v) is 12.1. The number of anilines is 1. The molecule has 0 radical (unpaired) electrons. The van der Waals surface area contributed by atoms with Crippen LogP contribution < -0.4 is 15.5 Å². The van der Waals surface area contributed by atoms with E-state index in [2.05, 4.69) is 62.7 Å². The second kappa shape index (κ2) is 8.24. The first kappa shape index (κ1) is 20.3. The van der Waals surface area contributed by atoms with Crippen LogP contribution >= 0.6 is 0 Å². The van der Waals surface area contributed by atoms with Crippen LogP contribution in [0.3, 0.4) is 0 Å². The standard InChI is InChI=1S/C27H30N6/c1-18-15-32(25-9-6-19(13-28)27-24(25)5-3-11-30-27)17-26-23-8-7-21(12-20(23)16-33(18)26)31-22-4-2-10-29-14-22/h3,5-7,9,11-12,18,22,29,31H,2,4,8,10,14-17H2,1H3/t18-,22-/m1/s1. The van der Waals surface area contributed by atoms with Crippen molar-refractivity contribution < 1.29 is 0 Å². The molecule has 0 unspecified atom stereocenters. The number of piperidine rings is 1. The Morgan fingerprint density at radius 1 is 1.24 bits per heavy atom. The number of rotatable bonds is 3. The molecule has 2 aromatic rings. The van der Waals surface area contributed by atoms with Gasteiger partial charge in [0, 0.05) is 60.4 Å². The van der Waals surface area contributed by atoms with Crippen molar-refractivity contribution >= 4 is 16.6 Å². The van der Waals surface area contributed by atoms with Crippen LogP contribution in [0.2, 0.25) is 0 Å². The third-order valence-corrected chi connectivity index (χ3v) is 7.51. The first-order valence-electron chi connectivity index (χ1n) is 12.1. The fourth-order valence-corrected chi connectivity index (χ4v) is 5.86. The maximum absolute atomic E-state index is 9.52. The van der Waals surface area contributed by atoms with E-state index >= 15 is 0 Å². The van der Waals surface area contributed by atoms with Gasteiger partial charge in [-0.2, -0.15) is 5.26 Å². The van der Waals surface area contributed by atoms with Crippen LogP contribution in [-0.4, -0.2) is 54.7 Å². The molecule has 0 saturated carbocycles. The lowest BCUT2D eigenvalue weighted by molar-refractivity contribution is 0.274. The van der Waals surface area contributed by atoms with Gasteiger partial charge in [0.2, 0.25) is 0 Å². The lowest BCUT2D eigenvalue weighted by atomic mass is 9.96. The van der Waals surface area contributed by atoms with E-state index < -0.39 is 0 Å². The van der Waals surface area contributed by atoms with Crippen LogP contribution in [0.4, 0.5) is 5.69 Å². The SMILES string of the molecule is C[C@@H]1CN(c2ccc(C#N)c3ncccc23)CC2=C3CC=C(N[C@@H]4CCCNC4)C=C3CN21. The van der Waals surface area contributed by atoms with Gasteiger partial charge in [0.15, 0.2) is 0 Å². The van der Waals surface area contributed by atoms with Gasteiger partial charge >= 0.3 is 0 Å². The highest BCUT2D eigenvalue weighted by atomic mass is 15.3. The second-order valence-electron chi connectivity index (χ2n) is 9.65. The number of allylic oxidation sites excluding steroid dienone is 2. The van der Waals surface area contributed by atoms with Crippen molar-refractivity contribution in [2.45, 2.75) is 38.3 Å². The minimum atomic E-state index is 0.425. The Morgan fingerprint density at radius 3 is 3.03 bits per heavy atom. The predicted octanol–water partition coefficient (Wildman–Crippen LogP) is 3.44. The number of hydrogen-bond donors (Lipinski definition) is 2. The van der Waals surface area contributed by atoms with Gasteiger partial charge in [0.05, 0.1) is 17.6 Å². The molecule has 0 spiro atoms. The summed E-state index contributed by atoms with van der Waals surface area (Å²) in [6, 6.07) is 11.3. The molecule has 4 aliphatic rings. The highest BCUT2D eigenvalue weighted by Gasteiger charge is 2.36. The van der Waals surface area contributed by atoms with E-state index in [4.69, 9.17) is 0 Å². The van der Waals surface area contributed by atoms with Crippen molar-refractivity contribution in [3.63, 3.8) is 0 Å². The average molecular weight is 439 g/mol. The summed E-state index contributed by atoms with van der Waals surface area (Å²) in [5.41, 5.74) is 8.32. The number of hydrogen-bond acceptors (Lipinski definition) is 6. The van der Waals surface area contributed by atoms with E-state index in [0.29, 0.717) is 17.6 Å². The maximum atomic E-state index is 9.52. The number of pyridine rings is 1. The molecule has 168 valence electrons. The largest absolute Gasteiger partial charge is 0.381 e. The zero-order valence-electron chi connectivity index (χ0n) is 19.1. The molecule has 1 aromatic heterocycles. The first-order chi connectivity index (χ1) is 16.2. The summed E-state index contributed by atoms with van der Waals surface area (Å²) >= 11 is 0. The Balaban J connectivity index is 1.29. The van der Waals surface area contributed by atoms with Crippen LogP contribution in [0, 0.1) is 11.3 Å². The highest BCUT2D eigenvalue weighted by molar-refractivity contribution is 5.95. The Morgan fingerprint density at radius 2 is 2.18 bits per heavy atom. The van der Waals surface area contributed by atoms with Gasteiger partial charge in [-0.1, -0.05) is 6.08 Å². The van der Waals surface area contributed by atoms with Crippen LogP contribution in [0.15, 0.2) is 65.2 Å². The fraction of sp³-hybridized carbons (Fsp3) is 0.407. The van der Waals surface area contributed by atoms with Gasteiger partial charge in [-0.15, -0.1) is 0 Å². The molecule has 3 aliphatic heterocycles. The molecule has 2 atom stereocenters. The number of nitrogens with zero attached hydrogens (tertiary/aromatic N) is 4. The molecule has 33 heavy (non-hydrogen) atoms. The molecule has 1 aliphatic carbocycles. The van der Waals surface area contributed by atoms with Crippen LogP contribution in [0.25, 0.3) is 10.9 Å². The van der Waals surface area contributed by atoms with Crippen LogP contribution in [-0.2, 0) is 0 Å². The number of nitrogens with one attached hydrogen (secondary N) is 2. The topological polar surface area (TPSA) is 67.2 Å². The monoisotopic (exact) mass is 438 g/mol. The van der Waals surface area contributed by atoms with E-state index in [-0.39, 0.29) is 0 Å². The summed E-state index contributed by atoms with van der Waals surface area (Å²) in [5.74, 6) is 0. The van der Waals surface area contributed by atoms with E-state index in [1.165, 1.54) is 41.1 Å². The number of benzene rings is 1. The zero-order valence-corrected chi connectivity index (χ0v) is 19.1. The minimum Gasteiger partial charge on any atom is -0.381 e. The molecular formula is C27H30N6. The lowest BCUT2D eigenvalue weighted by Gasteiger charge is -2.42. The number of fused-ring (bicyclic) bond motifs is 3. The summed E-state index contributed by atoms with van der Waals surface area (Å²) < 4.78 is 0. The Kier molecular flexibility index (Phi) is 5.07. The zero-order chi connectivity index (χ0) is 22.4. The molecule has 6 rings (SSSR count). The summed E-state index contributed by atoms with van der Waals surface area (Å²) in [7, 11) is 0. The number of piperazine rings is 1. The quantitative estimate of drug-likeness (QED) is 0.765. The molecule has 6 heteroatoms. The van der Waals surface area contributed by atoms with Gasteiger partial charge < -0.3 is 20.4 Å². The molecule has 0 amide bonds. The van der Waals surface area contributed by atoms with E-state index in [1.807, 2.05) is 12.1 Å². The summed E-state index contributed by atoms with van der Waals surface area (Å²) in [5, 5.41) is 17.8. The lowest BCUT2D eigenvalue weighted by Crippen LogP contribution is -2.49. The molecule has 4 heterocycles. The second-order valence-corrected chi connectivity index (χ2v) is 9.65. The molecular weight excluding hydrogens is 408 g/mol. The van der Waals surface area contributed by atoms with Crippen molar-refractivity contribution in [1.29, 1.82) is 5.26 Å². The molecule has 6 nitrogen and oxygen atoms in total. The van der Waals surface area contributed by atoms with E-state index in [1.54, 1.807) is 6.20 Å². The molecule has 2 saturated heterocycles. The summed E-state index contributed by atoms with van der Waals surface area (Å²) in [6.07, 6.45) is 10.0. The third-order valence-electron chi connectivity index (χ3n) is 7.51. The van der Waals surface area contributed by atoms with Crippen molar-refractivity contribution in [3.05, 3.63) is 70.7 Å². The van der Waals surface area contributed by atoms with Crippen molar-refractivity contribution in [2.75, 3.05) is 37.6 Å². The average Bonchev–Trinajstić information content (AvgIpc) is 3.22. The maximum Gasteiger partial charge on any atom is 0.101 e. The van der Waals surface area contributed by atoms with Gasteiger partial charge in [0.1, 0.15) is 6.07 Å². The Labute approximate surface area is 195 Å².